The Morgan fingerprint density at radius 3 is 2.86 bits per heavy atom. The number of benzene rings is 2. The van der Waals surface area contributed by atoms with Crippen LogP contribution in [0.25, 0.3) is 10.9 Å². The van der Waals surface area contributed by atoms with Crippen molar-refractivity contribution in [3.05, 3.63) is 59.5 Å². The van der Waals surface area contributed by atoms with Crippen LogP contribution >= 0.6 is 0 Å². The number of nitriles is 1. The molecule has 1 saturated heterocycles. The standard InChI is InChI=1S/C21H20FN5O/c22-18-5-2-6-19(17(18)11-23)24-12-14-7-9-27(10-8-14)21(28)16-4-1-3-15-13-25-26-20(15)16/h1-6,13-14,24H,7-10,12H2,(H,25,26). The minimum atomic E-state index is -0.513. The van der Waals surface area contributed by atoms with Crippen LogP contribution in [0.5, 0.6) is 0 Å². The molecule has 7 heteroatoms. The summed E-state index contributed by atoms with van der Waals surface area (Å²) in [6.07, 6.45) is 3.43. The van der Waals surface area contributed by atoms with Crippen molar-refractivity contribution < 1.29 is 9.18 Å². The Bertz CT molecular complexity index is 1050. The Kier molecular flexibility index (Phi) is 4.94. The Hall–Kier alpha value is -3.40. The molecule has 2 N–H and O–H groups in total. The molecule has 28 heavy (non-hydrogen) atoms. The van der Waals surface area contributed by atoms with Gasteiger partial charge in [-0.05, 0) is 37.0 Å². The first-order valence-electron chi connectivity index (χ1n) is 9.31. The highest BCUT2D eigenvalue weighted by molar-refractivity contribution is 6.05. The zero-order valence-corrected chi connectivity index (χ0v) is 15.3. The first-order valence-corrected chi connectivity index (χ1v) is 9.31. The molecule has 142 valence electrons. The van der Waals surface area contributed by atoms with Gasteiger partial charge in [-0.2, -0.15) is 10.4 Å². The minimum absolute atomic E-state index is 0.0122. The monoisotopic (exact) mass is 377 g/mol. The molecule has 1 aliphatic rings. The van der Waals surface area contributed by atoms with Crippen LogP contribution in [-0.2, 0) is 0 Å². The molecule has 2 aromatic carbocycles. The minimum Gasteiger partial charge on any atom is -0.384 e. The molecule has 0 bridgehead atoms. The van der Waals surface area contributed by atoms with Crippen LogP contribution < -0.4 is 5.32 Å². The van der Waals surface area contributed by atoms with E-state index in [2.05, 4.69) is 15.5 Å². The van der Waals surface area contributed by atoms with E-state index in [-0.39, 0.29) is 11.5 Å². The Morgan fingerprint density at radius 2 is 2.07 bits per heavy atom. The normalized spacial score (nSPS) is 14.8. The van der Waals surface area contributed by atoms with E-state index in [0.29, 0.717) is 36.8 Å². The lowest BCUT2D eigenvalue weighted by molar-refractivity contribution is 0.0696. The second kappa shape index (κ2) is 7.69. The third-order valence-corrected chi connectivity index (χ3v) is 5.32. The number of likely N-dealkylation sites (tertiary alicyclic amines) is 1. The van der Waals surface area contributed by atoms with Crippen LogP contribution in [-0.4, -0.2) is 40.6 Å². The number of amides is 1. The van der Waals surface area contributed by atoms with Crippen molar-refractivity contribution in [2.75, 3.05) is 25.0 Å². The van der Waals surface area contributed by atoms with E-state index in [4.69, 9.17) is 5.26 Å². The number of halogens is 1. The van der Waals surface area contributed by atoms with Gasteiger partial charge in [-0.1, -0.05) is 18.2 Å². The van der Waals surface area contributed by atoms with Gasteiger partial charge in [-0.25, -0.2) is 4.39 Å². The number of piperidine rings is 1. The van der Waals surface area contributed by atoms with Gasteiger partial charge in [0, 0.05) is 25.0 Å². The molecule has 4 rings (SSSR count). The summed E-state index contributed by atoms with van der Waals surface area (Å²) in [6, 6.07) is 12.1. The van der Waals surface area contributed by atoms with Gasteiger partial charge in [0.25, 0.3) is 5.91 Å². The number of carbonyl (C=O) groups excluding carboxylic acids is 1. The maximum atomic E-state index is 13.7. The summed E-state index contributed by atoms with van der Waals surface area (Å²) in [5.74, 6) is -0.138. The third kappa shape index (κ3) is 3.41. The number of anilines is 1. The number of H-pyrrole nitrogens is 1. The maximum Gasteiger partial charge on any atom is 0.256 e. The van der Waals surface area contributed by atoms with Crippen molar-refractivity contribution in [2.45, 2.75) is 12.8 Å². The summed E-state index contributed by atoms with van der Waals surface area (Å²) in [4.78, 5) is 14.8. The van der Waals surface area contributed by atoms with Gasteiger partial charge < -0.3 is 10.2 Å². The lowest BCUT2D eigenvalue weighted by Crippen LogP contribution is -2.40. The average molecular weight is 377 g/mol. The lowest BCUT2D eigenvalue weighted by Gasteiger charge is -2.32. The third-order valence-electron chi connectivity index (χ3n) is 5.32. The fourth-order valence-corrected chi connectivity index (χ4v) is 3.70. The van der Waals surface area contributed by atoms with E-state index in [1.807, 2.05) is 29.2 Å². The van der Waals surface area contributed by atoms with Gasteiger partial charge in [0.2, 0.25) is 0 Å². The largest absolute Gasteiger partial charge is 0.384 e. The molecular weight excluding hydrogens is 357 g/mol. The molecule has 3 aromatic rings. The second-order valence-electron chi connectivity index (χ2n) is 7.03. The van der Waals surface area contributed by atoms with E-state index in [1.54, 1.807) is 18.3 Å². The number of aromatic nitrogens is 2. The number of rotatable bonds is 4. The number of carbonyl (C=O) groups is 1. The van der Waals surface area contributed by atoms with Crippen molar-refractivity contribution in [1.29, 1.82) is 5.26 Å². The molecule has 0 radical (unpaired) electrons. The Labute approximate surface area is 162 Å². The van der Waals surface area contributed by atoms with E-state index in [9.17, 15) is 9.18 Å². The summed E-state index contributed by atoms with van der Waals surface area (Å²) in [5.41, 5.74) is 1.98. The Morgan fingerprint density at radius 1 is 1.29 bits per heavy atom. The highest BCUT2D eigenvalue weighted by Gasteiger charge is 2.25. The number of aromatic amines is 1. The Balaban J connectivity index is 1.36. The second-order valence-corrected chi connectivity index (χ2v) is 7.03. The SMILES string of the molecule is N#Cc1c(F)cccc1NCC1CCN(C(=O)c2cccc3cn[nH]c23)CC1. The number of nitrogens with one attached hydrogen (secondary N) is 2. The van der Waals surface area contributed by atoms with Gasteiger partial charge in [0.1, 0.15) is 17.4 Å². The zero-order chi connectivity index (χ0) is 19.5. The average Bonchev–Trinajstić information content (AvgIpc) is 3.21. The molecule has 2 heterocycles. The van der Waals surface area contributed by atoms with Crippen LogP contribution in [0.2, 0.25) is 0 Å². The molecular formula is C21H20FN5O. The number of hydrogen-bond acceptors (Lipinski definition) is 4. The predicted molar refractivity (Wildman–Crippen MR) is 104 cm³/mol. The van der Waals surface area contributed by atoms with E-state index in [0.717, 1.165) is 23.7 Å². The number of nitrogens with zero attached hydrogens (tertiary/aromatic N) is 3. The predicted octanol–water partition coefficient (Wildman–Crippen LogP) is 3.54. The van der Waals surface area contributed by atoms with Crippen molar-refractivity contribution in [3.63, 3.8) is 0 Å². The molecule has 0 unspecified atom stereocenters. The topological polar surface area (TPSA) is 84.8 Å². The van der Waals surface area contributed by atoms with Gasteiger partial charge in [-0.15, -0.1) is 0 Å². The molecule has 0 aliphatic carbocycles. The number of hydrogen-bond donors (Lipinski definition) is 2. The van der Waals surface area contributed by atoms with Crippen LogP contribution in [0.1, 0.15) is 28.8 Å². The van der Waals surface area contributed by atoms with Crippen molar-refractivity contribution in [2.24, 2.45) is 5.92 Å². The van der Waals surface area contributed by atoms with Gasteiger partial charge in [0.15, 0.2) is 0 Å². The smallest absolute Gasteiger partial charge is 0.256 e. The lowest BCUT2D eigenvalue weighted by atomic mass is 9.95. The van der Waals surface area contributed by atoms with E-state index >= 15 is 0 Å². The highest BCUT2D eigenvalue weighted by atomic mass is 19.1. The van der Waals surface area contributed by atoms with Crippen molar-refractivity contribution in [1.82, 2.24) is 15.1 Å². The summed E-state index contributed by atoms with van der Waals surface area (Å²) < 4.78 is 13.7. The van der Waals surface area contributed by atoms with Gasteiger partial charge in [0.05, 0.1) is 23.0 Å². The van der Waals surface area contributed by atoms with Crippen molar-refractivity contribution in [3.8, 4) is 6.07 Å². The molecule has 0 atom stereocenters. The van der Waals surface area contributed by atoms with Crippen LogP contribution in [0.4, 0.5) is 10.1 Å². The molecule has 1 amide bonds. The fraction of sp³-hybridized carbons (Fsp3) is 0.286. The van der Waals surface area contributed by atoms with Gasteiger partial charge in [-0.3, -0.25) is 9.89 Å². The summed E-state index contributed by atoms with van der Waals surface area (Å²) >= 11 is 0. The number of para-hydroxylation sites is 1. The van der Waals surface area contributed by atoms with Crippen LogP contribution in [0, 0.1) is 23.1 Å². The summed E-state index contributed by atoms with van der Waals surface area (Å²) in [5, 5.41) is 20.2. The van der Waals surface area contributed by atoms with Gasteiger partial charge >= 0.3 is 0 Å². The number of fused-ring (bicyclic) bond motifs is 1. The molecule has 6 nitrogen and oxygen atoms in total. The van der Waals surface area contributed by atoms with Crippen LogP contribution in [0.15, 0.2) is 42.6 Å². The van der Waals surface area contributed by atoms with Crippen molar-refractivity contribution >= 4 is 22.5 Å². The molecule has 1 fully saturated rings. The summed E-state index contributed by atoms with van der Waals surface area (Å²) in [7, 11) is 0. The first-order chi connectivity index (χ1) is 13.7. The summed E-state index contributed by atoms with van der Waals surface area (Å²) in [6.45, 7) is 1.99. The highest BCUT2D eigenvalue weighted by Crippen LogP contribution is 2.24. The van der Waals surface area contributed by atoms with Crippen LogP contribution in [0.3, 0.4) is 0 Å². The fourth-order valence-electron chi connectivity index (χ4n) is 3.70. The maximum absolute atomic E-state index is 13.7. The molecule has 0 spiro atoms. The first kappa shape index (κ1) is 18.0. The van der Waals surface area contributed by atoms with E-state index in [1.165, 1.54) is 6.07 Å². The quantitative estimate of drug-likeness (QED) is 0.728. The van der Waals surface area contributed by atoms with E-state index < -0.39 is 5.82 Å². The zero-order valence-electron chi connectivity index (χ0n) is 15.3. The molecule has 0 saturated carbocycles. The molecule has 1 aromatic heterocycles. The molecule has 1 aliphatic heterocycles.